The Balaban J connectivity index is 1.12. The van der Waals surface area contributed by atoms with Gasteiger partial charge >= 0.3 is 12.1 Å². The molecule has 9 nitrogen and oxygen atoms in total. The molecule has 3 N–H and O–H groups in total. The molecule has 0 aliphatic heterocycles. The summed E-state index contributed by atoms with van der Waals surface area (Å²) in [5.41, 5.74) is 6.91. The third kappa shape index (κ3) is 7.61. The molecule has 1 aliphatic carbocycles. The molecule has 0 radical (unpaired) electrons. The van der Waals surface area contributed by atoms with Gasteiger partial charge in [0.2, 0.25) is 11.8 Å². The highest BCUT2D eigenvalue weighted by Gasteiger charge is 2.35. The van der Waals surface area contributed by atoms with Gasteiger partial charge in [-0.2, -0.15) is 0 Å². The predicted molar refractivity (Wildman–Crippen MR) is 175 cm³/mol. The molecule has 46 heavy (non-hydrogen) atoms. The number of ether oxygens (including phenoxy) is 1. The van der Waals surface area contributed by atoms with Crippen molar-refractivity contribution >= 4 is 23.9 Å². The molecule has 3 amide bonds. The smallest absolute Gasteiger partial charge is 0.410 e. The van der Waals surface area contributed by atoms with Gasteiger partial charge in [-0.15, -0.1) is 0 Å². The number of carbonyl (C=O) groups is 4. The zero-order valence-corrected chi connectivity index (χ0v) is 25.6. The van der Waals surface area contributed by atoms with Gasteiger partial charge in [0.15, 0.2) is 0 Å². The van der Waals surface area contributed by atoms with E-state index >= 15 is 0 Å². The lowest BCUT2D eigenvalue weighted by Gasteiger charge is -2.29. The highest BCUT2D eigenvalue weighted by molar-refractivity contribution is 5.85. The minimum Gasteiger partial charge on any atom is -0.481 e. The number of nitrogens with zero attached hydrogens (tertiary/aromatic N) is 1. The molecule has 1 aliphatic rings. The molecule has 1 atom stereocenters. The Morgan fingerprint density at radius 2 is 1.35 bits per heavy atom. The van der Waals surface area contributed by atoms with Crippen LogP contribution in [0.15, 0.2) is 103 Å². The molecule has 0 saturated heterocycles. The normalized spacial score (nSPS) is 12.4. The van der Waals surface area contributed by atoms with Gasteiger partial charge in [-0.25, -0.2) is 4.79 Å². The van der Waals surface area contributed by atoms with Crippen LogP contribution < -0.4 is 10.6 Å². The Kier molecular flexibility index (Phi) is 10.4. The molecule has 0 fully saturated rings. The van der Waals surface area contributed by atoms with Crippen molar-refractivity contribution < 1.29 is 29.0 Å². The van der Waals surface area contributed by atoms with Crippen LogP contribution in [0.2, 0.25) is 0 Å². The average Bonchev–Trinajstić information content (AvgIpc) is 3.41. The minimum absolute atomic E-state index is 0.166. The summed E-state index contributed by atoms with van der Waals surface area (Å²) >= 11 is 0. The van der Waals surface area contributed by atoms with Gasteiger partial charge in [-0.3, -0.25) is 19.3 Å². The van der Waals surface area contributed by atoms with Crippen LogP contribution >= 0.6 is 0 Å². The van der Waals surface area contributed by atoms with Crippen LogP contribution in [0.5, 0.6) is 0 Å². The SMILES string of the molecule is COC(=O)N(CCCCC(=O)NCC(=O)NC(CC(=O)O)c1ccc(-c2ccccc2)cc1)C1c2ccccc2-c2ccccc21. The summed E-state index contributed by atoms with van der Waals surface area (Å²) in [6.45, 7) is 0.106. The minimum atomic E-state index is -1.05. The Hall–Kier alpha value is -5.44. The number of carbonyl (C=O) groups excluding carboxylic acids is 3. The van der Waals surface area contributed by atoms with Gasteiger partial charge in [-0.05, 0) is 51.8 Å². The van der Waals surface area contributed by atoms with E-state index in [0.717, 1.165) is 33.4 Å². The largest absolute Gasteiger partial charge is 0.481 e. The van der Waals surface area contributed by atoms with E-state index in [-0.39, 0.29) is 31.3 Å². The lowest BCUT2D eigenvalue weighted by atomic mass is 9.99. The number of unbranched alkanes of at least 4 members (excludes halogenated alkanes) is 1. The highest BCUT2D eigenvalue weighted by atomic mass is 16.5. The second-order valence-corrected chi connectivity index (χ2v) is 11.2. The number of carboxylic acid groups (broad SMARTS) is 1. The number of rotatable bonds is 13. The van der Waals surface area contributed by atoms with Gasteiger partial charge in [0.1, 0.15) is 0 Å². The van der Waals surface area contributed by atoms with Crippen molar-refractivity contribution in [3.63, 3.8) is 0 Å². The number of hydrogen-bond acceptors (Lipinski definition) is 5. The first kappa shape index (κ1) is 32.0. The molecule has 1 unspecified atom stereocenters. The molecule has 0 spiro atoms. The summed E-state index contributed by atoms with van der Waals surface area (Å²) in [6.07, 6.45) is 0.473. The summed E-state index contributed by atoms with van der Waals surface area (Å²) in [5.74, 6) is -1.84. The predicted octanol–water partition coefficient (Wildman–Crippen LogP) is 6.11. The van der Waals surface area contributed by atoms with E-state index in [2.05, 4.69) is 22.8 Å². The van der Waals surface area contributed by atoms with E-state index in [4.69, 9.17) is 4.74 Å². The van der Waals surface area contributed by atoms with Crippen LogP contribution in [0.3, 0.4) is 0 Å². The van der Waals surface area contributed by atoms with E-state index in [1.54, 1.807) is 17.0 Å². The van der Waals surface area contributed by atoms with E-state index in [1.807, 2.05) is 78.9 Å². The molecule has 0 aromatic heterocycles. The van der Waals surface area contributed by atoms with Crippen molar-refractivity contribution in [3.05, 3.63) is 120 Å². The molecule has 0 bridgehead atoms. The molecule has 9 heteroatoms. The lowest BCUT2D eigenvalue weighted by Crippen LogP contribution is -2.39. The molecule has 236 valence electrons. The topological polar surface area (TPSA) is 125 Å². The lowest BCUT2D eigenvalue weighted by molar-refractivity contribution is -0.138. The number of amides is 3. The Labute approximate surface area is 268 Å². The summed E-state index contributed by atoms with van der Waals surface area (Å²) in [7, 11) is 1.36. The monoisotopic (exact) mass is 619 g/mol. The number of fused-ring (bicyclic) bond motifs is 3. The first-order valence-electron chi connectivity index (χ1n) is 15.3. The highest BCUT2D eigenvalue weighted by Crippen LogP contribution is 2.46. The summed E-state index contributed by atoms with van der Waals surface area (Å²) < 4.78 is 5.14. The zero-order valence-electron chi connectivity index (χ0n) is 25.6. The second-order valence-electron chi connectivity index (χ2n) is 11.2. The van der Waals surface area contributed by atoms with E-state index in [0.29, 0.717) is 24.9 Å². The van der Waals surface area contributed by atoms with Crippen molar-refractivity contribution in [2.45, 2.75) is 37.8 Å². The molecular weight excluding hydrogens is 582 g/mol. The third-order valence-electron chi connectivity index (χ3n) is 8.15. The molecule has 5 rings (SSSR count). The zero-order chi connectivity index (χ0) is 32.5. The molecular formula is C37H37N3O6. The molecule has 0 saturated carbocycles. The van der Waals surface area contributed by atoms with Gasteiger partial charge in [0.25, 0.3) is 0 Å². The summed E-state index contributed by atoms with van der Waals surface area (Å²) in [6, 6.07) is 32.2. The fourth-order valence-corrected chi connectivity index (χ4v) is 5.95. The van der Waals surface area contributed by atoms with Crippen molar-refractivity contribution in [1.82, 2.24) is 15.5 Å². The van der Waals surface area contributed by atoms with Crippen molar-refractivity contribution in [2.75, 3.05) is 20.2 Å². The van der Waals surface area contributed by atoms with Crippen LogP contribution in [-0.2, 0) is 19.1 Å². The maximum absolute atomic E-state index is 12.9. The fraction of sp³-hybridized carbons (Fsp3) is 0.243. The second kappa shape index (κ2) is 15.0. The molecule has 4 aromatic carbocycles. The summed E-state index contributed by atoms with van der Waals surface area (Å²) in [4.78, 5) is 51.4. The Morgan fingerprint density at radius 1 is 0.761 bits per heavy atom. The van der Waals surface area contributed by atoms with Crippen molar-refractivity contribution in [1.29, 1.82) is 0 Å². The number of aliphatic carboxylic acids is 1. The fourth-order valence-electron chi connectivity index (χ4n) is 5.95. The Morgan fingerprint density at radius 3 is 1.96 bits per heavy atom. The quantitative estimate of drug-likeness (QED) is 0.155. The van der Waals surface area contributed by atoms with Crippen LogP contribution in [0.1, 0.15) is 54.5 Å². The molecule has 0 heterocycles. The van der Waals surface area contributed by atoms with Crippen LogP contribution in [0, 0.1) is 0 Å². The first-order valence-corrected chi connectivity index (χ1v) is 15.3. The maximum Gasteiger partial charge on any atom is 0.410 e. The van der Waals surface area contributed by atoms with Gasteiger partial charge in [0, 0.05) is 13.0 Å². The van der Waals surface area contributed by atoms with E-state index in [1.165, 1.54) is 7.11 Å². The number of carboxylic acids is 1. The van der Waals surface area contributed by atoms with E-state index in [9.17, 15) is 24.3 Å². The molecule has 4 aromatic rings. The van der Waals surface area contributed by atoms with Crippen molar-refractivity contribution in [2.24, 2.45) is 0 Å². The van der Waals surface area contributed by atoms with Gasteiger partial charge in [0.05, 0.1) is 32.2 Å². The Bertz CT molecular complexity index is 1640. The standard InChI is InChI=1S/C37H37N3O6/c1-46-37(45)40(36-30-15-7-5-13-28(30)29-14-6-8-16-31(29)36)22-10-9-17-33(41)38-24-34(42)39-32(23-35(43)44)27-20-18-26(19-21-27)25-11-3-2-4-12-25/h2-8,11-16,18-21,32,36H,9-10,17,22-24H2,1H3,(H,38,41)(H,39,42)(H,43,44). The number of hydrogen-bond donors (Lipinski definition) is 3. The number of nitrogens with one attached hydrogen (secondary N) is 2. The third-order valence-corrected chi connectivity index (χ3v) is 8.15. The van der Waals surface area contributed by atoms with Crippen LogP contribution in [0.4, 0.5) is 4.79 Å². The maximum atomic E-state index is 12.9. The summed E-state index contributed by atoms with van der Waals surface area (Å²) in [5, 5.41) is 14.8. The van der Waals surface area contributed by atoms with Crippen molar-refractivity contribution in [3.8, 4) is 22.3 Å². The number of benzene rings is 4. The average molecular weight is 620 g/mol. The first-order chi connectivity index (χ1) is 22.4. The van der Waals surface area contributed by atoms with E-state index < -0.39 is 24.0 Å². The number of methoxy groups -OCH3 is 1. The van der Waals surface area contributed by atoms with Gasteiger partial charge in [-0.1, -0.05) is 103 Å². The van der Waals surface area contributed by atoms with Crippen LogP contribution in [-0.4, -0.2) is 54.1 Å². The van der Waals surface area contributed by atoms with Crippen LogP contribution in [0.25, 0.3) is 22.3 Å². The van der Waals surface area contributed by atoms with Gasteiger partial charge < -0.3 is 20.5 Å².